The first-order chi connectivity index (χ1) is 17.8. The molecule has 1 saturated heterocycles. The minimum absolute atomic E-state index is 0.0409. The fourth-order valence-electron chi connectivity index (χ4n) is 4.73. The van der Waals surface area contributed by atoms with Gasteiger partial charge in [0, 0.05) is 43.2 Å². The molecule has 1 amide bonds. The molecule has 0 unspecified atom stereocenters. The lowest BCUT2D eigenvalue weighted by atomic mass is 9.99. The average molecular weight is 506 g/mol. The van der Waals surface area contributed by atoms with Gasteiger partial charge in [0.15, 0.2) is 11.6 Å². The number of hydrogen-bond donors (Lipinski definition) is 0. The van der Waals surface area contributed by atoms with Gasteiger partial charge in [-0.25, -0.2) is 9.37 Å². The first-order valence-electron chi connectivity index (χ1n) is 12.4. The quantitative estimate of drug-likeness (QED) is 0.353. The molecule has 37 heavy (non-hydrogen) atoms. The van der Waals surface area contributed by atoms with E-state index in [4.69, 9.17) is 9.72 Å². The Hall–Kier alpha value is -4.08. The van der Waals surface area contributed by atoms with Crippen molar-refractivity contribution in [3.05, 3.63) is 80.8 Å². The van der Waals surface area contributed by atoms with E-state index >= 15 is 0 Å². The van der Waals surface area contributed by atoms with Gasteiger partial charge in [-0.05, 0) is 43.9 Å². The molecule has 0 radical (unpaired) electrons. The maximum Gasteiger partial charge on any atom is 0.273 e. The number of ether oxygens (including phenoxy) is 1. The largest absolute Gasteiger partial charge is 0.435 e. The molecule has 0 aliphatic carbocycles. The Bertz CT molecular complexity index is 1360. The molecule has 5 rings (SSSR count). The third-order valence-corrected chi connectivity index (χ3v) is 7.06. The zero-order valence-electron chi connectivity index (χ0n) is 20.8. The molecule has 10 heteroatoms. The lowest BCUT2D eigenvalue weighted by Gasteiger charge is -2.33. The number of nitrogens with zero attached hydrogens (tertiary/aromatic N) is 5. The summed E-state index contributed by atoms with van der Waals surface area (Å²) in [5.41, 5.74) is 1.99. The monoisotopic (exact) mass is 505 g/mol. The molecule has 0 N–H and O–H groups in total. The fourth-order valence-corrected chi connectivity index (χ4v) is 4.73. The summed E-state index contributed by atoms with van der Waals surface area (Å²) in [7, 11) is 0. The van der Waals surface area contributed by atoms with Crippen molar-refractivity contribution in [2.24, 2.45) is 5.92 Å². The van der Waals surface area contributed by atoms with Crippen LogP contribution in [0.5, 0.6) is 11.6 Å². The summed E-state index contributed by atoms with van der Waals surface area (Å²) in [4.78, 5) is 37.4. The number of amides is 1. The number of carbonyl (C=O) groups excluding carboxylic acids is 1. The highest BCUT2D eigenvalue weighted by Gasteiger charge is 2.30. The summed E-state index contributed by atoms with van der Waals surface area (Å²) in [5.74, 6) is 0.597. The van der Waals surface area contributed by atoms with Crippen molar-refractivity contribution in [3.8, 4) is 11.6 Å². The second-order valence-corrected chi connectivity index (χ2v) is 9.69. The summed E-state index contributed by atoms with van der Waals surface area (Å²) < 4.78 is 20.4. The summed E-state index contributed by atoms with van der Waals surface area (Å²) in [6.45, 7) is 6.06. The number of anilines is 1. The molecule has 2 aliphatic rings. The van der Waals surface area contributed by atoms with E-state index in [0.29, 0.717) is 36.0 Å². The highest BCUT2D eigenvalue weighted by molar-refractivity contribution is 5.95. The molecule has 1 fully saturated rings. The van der Waals surface area contributed by atoms with Crippen LogP contribution in [0.4, 0.5) is 16.0 Å². The maximum absolute atomic E-state index is 14.5. The Kier molecular flexibility index (Phi) is 6.73. The van der Waals surface area contributed by atoms with Gasteiger partial charge in [0.1, 0.15) is 0 Å². The van der Waals surface area contributed by atoms with E-state index in [-0.39, 0.29) is 35.3 Å². The lowest BCUT2D eigenvalue weighted by molar-refractivity contribution is -0.385. The molecule has 3 heterocycles. The van der Waals surface area contributed by atoms with Crippen molar-refractivity contribution >= 4 is 17.5 Å². The van der Waals surface area contributed by atoms with Crippen LogP contribution in [0.1, 0.15) is 46.9 Å². The maximum atomic E-state index is 14.5. The van der Waals surface area contributed by atoms with Crippen LogP contribution in [0.3, 0.4) is 0 Å². The number of nitro benzene ring substituents is 1. The van der Waals surface area contributed by atoms with E-state index in [1.54, 1.807) is 36.1 Å². The third-order valence-electron chi connectivity index (χ3n) is 7.06. The van der Waals surface area contributed by atoms with Crippen LogP contribution < -0.4 is 9.64 Å². The Morgan fingerprint density at radius 2 is 1.89 bits per heavy atom. The molecular weight excluding hydrogens is 477 g/mol. The Labute approximate surface area is 214 Å². The molecule has 0 atom stereocenters. The second kappa shape index (κ2) is 10.1. The Balaban J connectivity index is 1.48. The molecule has 0 bridgehead atoms. The van der Waals surface area contributed by atoms with E-state index in [1.807, 2.05) is 0 Å². The zero-order valence-corrected chi connectivity index (χ0v) is 20.8. The first kappa shape index (κ1) is 24.6. The average Bonchev–Trinajstić information content (AvgIpc) is 2.90. The Morgan fingerprint density at radius 1 is 1.14 bits per heavy atom. The van der Waals surface area contributed by atoms with Crippen molar-refractivity contribution in [1.29, 1.82) is 0 Å². The number of halogens is 1. The second-order valence-electron chi connectivity index (χ2n) is 9.69. The standard InChI is InChI=1S/C27H28FN5O4/c1-17-9-12-31(13-10-17)27-29-22-11-14-32(26(34)19-8-7-18(2)23(15-19)33(35)36)16-20(22)25(30-27)37-24-6-4-3-5-21(24)28/h3-8,15,17H,9-14,16H2,1-2H3. The number of hydrogen-bond acceptors (Lipinski definition) is 7. The number of aryl methyl sites for hydroxylation is 1. The van der Waals surface area contributed by atoms with Crippen LogP contribution in [-0.4, -0.2) is 45.3 Å². The minimum atomic E-state index is -0.515. The van der Waals surface area contributed by atoms with Crippen LogP contribution >= 0.6 is 0 Å². The number of piperidine rings is 1. The van der Waals surface area contributed by atoms with Gasteiger partial charge in [-0.3, -0.25) is 14.9 Å². The van der Waals surface area contributed by atoms with Gasteiger partial charge in [-0.2, -0.15) is 4.98 Å². The third kappa shape index (κ3) is 5.09. The van der Waals surface area contributed by atoms with Crippen LogP contribution in [0.25, 0.3) is 0 Å². The van der Waals surface area contributed by atoms with Gasteiger partial charge in [-0.15, -0.1) is 0 Å². The zero-order chi connectivity index (χ0) is 26.1. The molecular formula is C27H28FN5O4. The van der Waals surface area contributed by atoms with Gasteiger partial charge < -0.3 is 14.5 Å². The number of para-hydroxylation sites is 1. The van der Waals surface area contributed by atoms with Gasteiger partial charge in [-0.1, -0.05) is 25.1 Å². The first-order valence-corrected chi connectivity index (χ1v) is 12.4. The van der Waals surface area contributed by atoms with Crippen molar-refractivity contribution < 1.29 is 18.8 Å². The number of fused-ring (bicyclic) bond motifs is 1. The van der Waals surface area contributed by atoms with E-state index < -0.39 is 10.7 Å². The number of nitro groups is 1. The Morgan fingerprint density at radius 3 is 2.62 bits per heavy atom. The highest BCUT2D eigenvalue weighted by Crippen LogP contribution is 2.34. The molecule has 1 aromatic heterocycles. The van der Waals surface area contributed by atoms with E-state index in [0.717, 1.165) is 31.6 Å². The van der Waals surface area contributed by atoms with E-state index in [9.17, 15) is 19.3 Å². The van der Waals surface area contributed by atoms with Crippen LogP contribution in [-0.2, 0) is 13.0 Å². The summed E-state index contributed by atoms with van der Waals surface area (Å²) in [6, 6.07) is 10.6. The molecule has 0 saturated carbocycles. The molecule has 2 aliphatic heterocycles. The summed E-state index contributed by atoms with van der Waals surface area (Å²) in [5, 5.41) is 11.4. The molecule has 9 nitrogen and oxygen atoms in total. The number of carbonyl (C=O) groups is 1. The van der Waals surface area contributed by atoms with Crippen molar-refractivity contribution in [2.75, 3.05) is 24.5 Å². The highest BCUT2D eigenvalue weighted by atomic mass is 19.1. The van der Waals surface area contributed by atoms with Gasteiger partial charge >= 0.3 is 0 Å². The number of rotatable bonds is 5. The molecule has 0 spiro atoms. The topological polar surface area (TPSA) is 102 Å². The van der Waals surface area contributed by atoms with Crippen LogP contribution in [0.2, 0.25) is 0 Å². The smallest absolute Gasteiger partial charge is 0.273 e. The van der Waals surface area contributed by atoms with Crippen molar-refractivity contribution in [3.63, 3.8) is 0 Å². The summed E-state index contributed by atoms with van der Waals surface area (Å²) >= 11 is 0. The molecule has 2 aromatic carbocycles. The molecule has 3 aromatic rings. The van der Waals surface area contributed by atoms with Gasteiger partial charge in [0.25, 0.3) is 11.6 Å². The van der Waals surface area contributed by atoms with Crippen LogP contribution in [0, 0.1) is 28.8 Å². The number of aromatic nitrogens is 2. The van der Waals surface area contributed by atoms with Gasteiger partial charge in [0.2, 0.25) is 11.8 Å². The minimum Gasteiger partial charge on any atom is -0.435 e. The SMILES string of the molecule is Cc1ccc(C(=O)N2CCc3nc(N4CCC(C)CC4)nc(Oc4ccccc4F)c3C2)cc1[N+](=O)[O-]. The van der Waals surface area contributed by atoms with E-state index in [2.05, 4.69) is 16.8 Å². The van der Waals surface area contributed by atoms with Crippen LogP contribution in [0.15, 0.2) is 42.5 Å². The predicted octanol–water partition coefficient (Wildman–Crippen LogP) is 5.06. The van der Waals surface area contributed by atoms with Gasteiger partial charge in [0.05, 0.1) is 22.7 Å². The summed E-state index contributed by atoms with van der Waals surface area (Å²) in [6.07, 6.45) is 2.53. The fraction of sp³-hybridized carbons (Fsp3) is 0.370. The predicted molar refractivity (Wildman–Crippen MR) is 135 cm³/mol. The van der Waals surface area contributed by atoms with Crippen molar-refractivity contribution in [1.82, 2.24) is 14.9 Å². The normalized spacial score (nSPS) is 15.9. The van der Waals surface area contributed by atoms with Crippen molar-refractivity contribution in [2.45, 2.75) is 39.7 Å². The van der Waals surface area contributed by atoms with E-state index in [1.165, 1.54) is 18.2 Å². The molecule has 192 valence electrons. The lowest BCUT2D eigenvalue weighted by Crippen LogP contribution is -2.38. The number of benzene rings is 2.